The highest BCUT2D eigenvalue weighted by Gasteiger charge is 2.17. The van der Waals surface area contributed by atoms with E-state index in [-0.39, 0.29) is 24.0 Å². The Bertz CT molecular complexity index is 1390. The molecule has 3 aromatic carbocycles. The number of aliphatic imine (C=N–C) groups is 1. The molecule has 0 aliphatic heterocycles. The second kappa shape index (κ2) is 12.0. The summed E-state index contributed by atoms with van der Waals surface area (Å²) in [6.45, 7) is 6.17. The largest absolute Gasteiger partial charge is 0.496 e. The maximum atomic E-state index is 13.6. The standard InChI is InChI=1S/C32H32F2N2O2/c1-21-17-26-7-5-23(6-8-27(26)19-31(21)38-4)18-30(37)20-36(3)32(25-11-15-29(34)16-12-25)35-22(2)24-9-13-28(33)14-10-24/h9-19H,2,5-8,20H2,1,3-4H3/b23-18+,35-32?. The number of carbonyl (C=O) groups is 1. The summed E-state index contributed by atoms with van der Waals surface area (Å²) >= 11 is 0. The van der Waals surface area contributed by atoms with Gasteiger partial charge in [-0.15, -0.1) is 0 Å². The summed E-state index contributed by atoms with van der Waals surface area (Å²) in [7, 11) is 3.46. The molecule has 0 bridgehead atoms. The van der Waals surface area contributed by atoms with Crippen molar-refractivity contribution in [2.45, 2.75) is 32.6 Å². The van der Waals surface area contributed by atoms with Crippen LogP contribution in [0.15, 0.2) is 83.9 Å². The predicted octanol–water partition coefficient (Wildman–Crippen LogP) is 6.71. The smallest absolute Gasteiger partial charge is 0.174 e. The third-order valence-electron chi connectivity index (χ3n) is 6.79. The Balaban J connectivity index is 1.52. The Morgan fingerprint density at radius 2 is 1.50 bits per heavy atom. The van der Waals surface area contributed by atoms with E-state index < -0.39 is 0 Å². The first-order valence-corrected chi connectivity index (χ1v) is 12.6. The summed E-state index contributed by atoms with van der Waals surface area (Å²) in [6.07, 6.45) is 5.14. The molecule has 38 heavy (non-hydrogen) atoms. The number of halogens is 2. The predicted molar refractivity (Wildman–Crippen MR) is 148 cm³/mol. The topological polar surface area (TPSA) is 41.9 Å². The van der Waals surface area contributed by atoms with E-state index >= 15 is 0 Å². The van der Waals surface area contributed by atoms with Crippen molar-refractivity contribution in [1.82, 2.24) is 4.90 Å². The molecule has 0 amide bonds. The third kappa shape index (κ3) is 6.62. The van der Waals surface area contributed by atoms with Crippen LogP contribution in [0.4, 0.5) is 8.78 Å². The summed E-state index contributed by atoms with van der Waals surface area (Å²) < 4.78 is 32.5. The van der Waals surface area contributed by atoms with Crippen LogP contribution in [-0.2, 0) is 17.6 Å². The van der Waals surface area contributed by atoms with E-state index in [4.69, 9.17) is 4.74 Å². The van der Waals surface area contributed by atoms with Gasteiger partial charge in [-0.25, -0.2) is 13.8 Å². The van der Waals surface area contributed by atoms with Gasteiger partial charge >= 0.3 is 0 Å². The van der Waals surface area contributed by atoms with Gasteiger partial charge in [0.1, 0.15) is 23.2 Å². The first-order chi connectivity index (χ1) is 18.2. The molecule has 1 aliphatic rings. The van der Waals surface area contributed by atoms with Crippen molar-refractivity contribution in [3.05, 3.63) is 118 Å². The minimum absolute atomic E-state index is 0.0376. The molecule has 0 atom stereocenters. The van der Waals surface area contributed by atoms with Crippen LogP contribution in [0.1, 0.15) is 40.7 Å². The number of fused-ring (bicyclic) bond motifs is 1. The number of nitrogens with zero attached hydrogens (tertiary/aromatic N) is 2. The van der Waals surface area contributed by atoms with Gasteiger partial charge in [-0.1, -0.05) is 18.2 Å². The van der Waals surface area contributed by atoms with Gasteiger partial charge in [0.05, 0.1) is 19.4 Å². The van der Waals surface area contributed by atoms with E-state index in [2.05, 4.69) is 23.7 Å². The third-order valence-corrected chi connectivity index (χ3v) is 6.79. The summed E-state index contributed by atoms with van der Waals surface area (Å²) in [5.41, 5.74) is 6.52. The molecule has 4 rings (SSSR count). The zero-order valence-electron chi connectivity index (χ0n) is 22.1. The van der Waals surface area contributed by atoms with E-state index in [0.29, 0.717) is 22.7 Å². The van der Waals surface area contributed by atoms with Gasteiger partial charge in [-0.3, -0.25) is 4.79 Å². The Morgan fingerprint density at radius 1 is 0.947 bits per heavy atom. The van der Waals surface area contributed by atoms with Crippen LogP contribution in [0.3, 0.4) is 0 Å². The average Bonchev–Trinajstić information content (AvgIpc) is 3.09. The maximum Gasteiger partial charge on any atom is 0.174 e. The molecule has 4 nitrogen and oxygen atoms in total. The van der Waals surface area contributed by atoms with E-state index in [1.54, 1.807) is 49.4 Å². The molecule has 0 unspecified atom stereocenters. The fraction of sp³-hybridized carbons (Fsp3) is 0.250. The highest BCUT2D eigenvalue weighted by molar-refractivity contribution is 6.04. The summed E-state index contributed by atoms with van der Waals surface area (Å²) in [4.78, 5) is 19.5. The first kappa shape index (κ1) is 27.0. The number of carbonyl (C=O) groups excluding carboxylic acids is 1. The van der Waals surface area contributed by atoms with E-state index in [9.17, 15) is 13.6 Å². The minimum atomic E-state index is -0.365. The van der Waals surface area contributed by atoms with Crippen molar-refractivity contribution in [1.29, 1.82) is 0 Å². The second-order valence-corrected chi connectivity index (χ2v) is 9.61. The molecule has 0 saturated heterocycles. The quantitative estimate of drug-likeness (QED) is 0.152. The van der Waals surface area contributed by atoms with Crippen LogP contribution < -0.4 is 4.74 Å². The van der Waals surface area contributed by atoms with Crippen LogP contribution in [0.5, 0.6) is 5.75 Å². The second-order valence-electron chi connectivity index (χ2n) is 9.61. The number of allylic oxidation sites excluding steroid dienone is 1. The molecule has 6 heteroatoms. The highest BCUT2D eigenvalue weighted by Crippen LogP contribution is 2.30. The van der Waals surface area contributed by atoms with Gasteiger partial charge in [0, 0.05) is 12.6 Å². The number of rotatable bonds is 7. The van der Waals surface area contributed by atoms with Crippen LogP contribution in [0.25, 0.3) is 5.70 Å². The molecule has 0 N–H and O–H groups in total. The number of benzene rings is 3. The molecule has 0 fully saturated rings. The van der Waals surface area contributed by atoms with Gasteiger partial charge in [-0.2, -0.15) is 0 Å². The number of hydrogen-bond donors (Lipinski definition) is 0. The summed E-state index contributed by atoms with van der Waals surface area (Å²) in [5, 5.41) is 0. The Morgan fingerprint density at radius 3 is 2.08 bits per heavy atom. The lowest BCUT2D eigenvalue weighted by atomic mass is 10.00. The molecular weight excluding hydrogens is 482 g/mol. The molecule has 196 valence electrons. The molecular formula is C32H32F2N2O2. The summed E-state index contributed by atoms with van der Waals surface area (Å²) in [5.74, 6) is 0.613. The normalized spacial score (nSPS) is 14.6. The van der Waals surface area contributed by atoms with Crippen molar-refractivity contribution in [3.63, 3.8) is 0 Å². The lowest BCUT2D eigenvalue weighted by molar-refractivity contribution is -0.114. The van der Waals surface area contributed by atoms with Crippen molar-refractivity contribution < 1.29 is 18.3 Å². The number of ether oxygens (including phenoxy) is 1. The van der Waals surface area contributed by atoms with Crippen LogP contribution in [0, 0.1) is 18.6 Å². The number of ketones is 1. The Hall–Kier alpha value is -4.06. The van der Waals surface area contributed by atoms with E-state index in [1.165, 1.54) is 35.4 Å². The molecule has 1 aliphatic carbocycles. The SMILES string of the molecule is C=C(N=C(c1ccc(F)cc1)N(C)CC(=O)/C=C1\CCc2cc(C)c(OC)cc2CC1)c1ccc(F)cc1. The number of likely N-dealkylation sites (N-methyl/N-ethyl adjacent to an activating group) is 1. The number of amidine groups is 1. The minimum Gasteiger partial charge on any atom is -0.496 e. The maximum absolute atomic E-state index is 13.6. The van der Waals surface area contributed by atoms with Gasteiger partial charge < -0.3 is 9.64 Å². The number of methoxy groups -OCH3 is 1. The van der Waals surface area contributed by atoms with Gasteiger partial charge in [0.25, 0.3) is 0 Å². The zero-order valence-corrected chi connectivity index (χ0v) is 22.1. The molecule has 0 aromatic heterocycles. The van der Waals surface area contributed by atoms with Crippen LogP contribution in [0.2, 0.25) is 0 Å². The Labute approximate surface area is 223 Å². The molecule has 0 heterocycles. The lowest BCUT2D eigenvalue weighted by Crippen LogP contribution is -2.32. The molecule has 0 saturated carbocycles. The first-order valence-electron chi connectivity index (χ1n) is 12.6. The van der Waals surface area contributed by atoms with Crippen LogP contribution >= 0.6 is 0 Å². The van der Waals surface area contributed by atoms with Crippen molar-refractivity contribution in [2.75, 3.05) is 20.7 Å². The fourth-order valence-electron chi connectivity index (χ4n) is 4.72. The fourth-order valence-corrected chi connectivity index (χ4v) is 4.72. The van der Waals surface area contributed by atoms with Crippen molar-refractivity contribution >= 4 is 17.3 Å². The van der Waals surface area contributed by atoms with Gasteiger partial charge in [-0.05, 0) is 116 Å². The average molecular weight is 515 g/mol. The Kier molecular flexibility index (Phi) is 8.52. The number of hydrogen-bond acceptors (Lipinski definition) is 3. The molecule has 0 radical (unpaired) electrons. The number of aryl methyl sites for hydroxylation is 3. The molecule has 0 spiro atoms. The lowest BCUT2D eigenvalue weighted by Gasteiger charge is -2.21. The van der Waals surface area contributed by atoms with Crippen molar-refractivity contribution in [3.8, 4) is 5.75 Å². The monoisotopic (exact) mass is 514 g/mol. The van der Waals surface area contributed by atoms with E-state index in [0.717, 1.165) is 42.6 Å². The molecule has 3 aromatic rings. The van der Waals surface area contributed by atoms with Gasteiger partial charge in [0.2, 0.25) is 0 Å². The zero-order chi connectivity index (χ0) is 27.2. The van der Waals surface area contributed by atoms with Crippen molar-refractivity contribution in [2.24, 2.45) is 4.99 Å². The van der Waals surface area contributed by atoms with Crippen LogP contribution in [-0.4, -0.2) is 37.2 Å². The summed E-state index contributed by atoms with van der Waals surface area (Å²) in [6, 6.07) is 16.1. The highest BCUT2D eigenvalue weighted by atomic mass is 19.1. The van der Waals surface area contributed by atoms with Gasteiger partial charge in [0.15, 0.2) is 5.78 Å². The van der Waals surface area contributed by atoms with E-state index in [1.807, 2.05) is 6.92 Å².